The number of aliphatic hydroxyl groups is 2. The molecule has 0 spiro atoms. The molecule has 0 heterocycles. The summed E-state index contributed by atoms with van der Waals surface area (Å²) in [6.07, 6.45) is 1.53. The molecule has 0 unspecified atom stereocenters. The standard InChI is InChI=1S/C16H25NO3/c1-17(2)11-13-7-8-14(18)10-16(13,19)12-5-4-6-15(9-12)20-3/h4-6,9,13-14,18-19H,7-8,10-11H2,1-3H3/t13-,14-,16-/m0/s1. The molecule has 1 aromatic rings. The van der Waals surface area contributed by atoms with E-state index in [2.05, 4.69) is 4.90 Å². The average Bonchev–Trinajstić information content (AvgIpc) is 2.42. The van der Waals surface area contributed by atoms with Gasteiger partial charge in [-0.3, -0.25) is 0 Å². The van der Waals surface area contributed by atoms with E-state index in [-0.39, 0.29) is 5.92 Å². The maximum Gasteiger partial charge on any atom is 0.119 e. The molecule has 4 heteroatoms. The third kappa shape index (κ3) is 3.14. The summed E-state index contributed by atoms with van der Waals surface area (Å²) in [6, 6.07) is 7.55. The lowest BCUT2D eigenvalue weighted by molar-refractivity contribution is -0.0992. The molecule has 1 saturated carbocycles. The van der Waals surface area contributed by atoms with E-state index in [1.807, 2.05) is 38.4 Å². The zero-order valence-electron chi connectivity index (χ0n) is 12.5. The molecular weight excluding hydrogens is 254 g/mol. The summed E-state index contributed by atoms with van der Waals surface area (Å²) in [6.45, 7) is 0.806. The van der Waals surface area contributed by atoms with Gasteiger partial charge in [-0.25, -0.2) is 0 Å². The van der Waals surface area contributed by atoms with Crippen molar-refractivity contribution in [2.45, 2.75) is 31.0 Å². The van der Waals surface area contributed by atoms with E-state index in [0.717, 1.165) is 30.7 Å². The Morgan fingerprint density at radius 3 is 2.75 bits per heavy atom. The van der Waals surface area contributed by atoms with E-state index in [1.54, 1.807) is 7.11 Å². The van der Waals surface area contributed by atoms with Crippen molar-refractivity contribution < 1.29 is 14.9 Å². The van der Waals surface area contributed by atoms with Crippen molar-refractivity contribution in [3.63, 3.8) is 0 Å². The number of methoxy groups -OCH3 is 1. The van der Waals surface area contributed by atoms with Gasteiger partial charge in [0.15, 0.2) is 0 Å². The fourth-order valence-electron chi connectivity index (χ4n) is 3.19. The van der Waals surface area contributed by atoms with E-state index in [0.29, 0.717) is 6.42 Å². The molecule has 3 atom stereocenters. The highest BCUT2D eigenvalue weighted by atomic mass is 16.5. The largest absolute Gasteiger partial charge is 0.497 e. The minimum atomic E-state index is -0.990. The summed E-state index contributed by atoms with van der Waals surface area (Å²) < 4.78 is 5.25. The van der Waals surface area contributed by atoms with Crippen molar-refractivity contribution >= 4 is 0 Å². The van der Waals surface area contributed by atoms with Gasteiger partial charge in [-0.1, -0.05) is 12.1 Å². The van der Waals surface area contributed by atoms with E-state index in [4.69, 9.17) is 4.74 Å². The molecule has 20 heavy (non-hydrogen) atoms. The van der Waals surface area contributed by atoms with Crippen LogP contribution in [-0.2, 0) is 5.60 Å². The molecular formula is C16H25NO3. The number of hydrogen-bond donors (Lipinski definition) is 2. The molecule has 4 nitrogen and oxygen atoms in total. The van der Waals surface area contributed by atoms with Gasteiger partial charge in [0, 0.05) is 18.9 Å². The Labute approximate surface area is 121 Å². The van der Waals surface area contributed by atoms with Gasteiger partial charge >= 0.3 is 0 Å². The minimum Gasteiger partial charge on any atom is -0.497 e. The molecule has 1 aromatic carbocycles. The van der Waals surface area contributed by atoms with Crippen LogP contribution in [0.15, 0.2) is 24.3 Å². The van der Waals surface area contributed by atoms with Gasteiger partial charge in [-0.2, -0.15) is 0 Å². The Kier molecular flexibility index (Phi) is 4.68. The minimum absolute atomic E-state index is 0.119. The van der Waals surface area contributed by atoms with Crippen LogP contribution in [0, 0.1) is 5.92 Å². The first-order valence-electron chi connectivity index (χ1n) is 7.15. The quantitative estimate of drug-likeness (QED) is 0.879. The van der Waals surface area contributed by atoms with Gasteiger partial charge in [0.1, 0.15) is 5.75 Å². The number of ether oxygens (including phenoxy) is 1. The maximum absolute atomic E-state index is 11.2. The molecule has 0 aliphatic heterocycles. The highest BCUT2D eigenvalue weighted by molar-refractivity contribution is 5.33. The summed E-state index contributed by atoms with van der Waals surface area (Å²) in [5.41, 5.74) is -0.154. The Morgan fingerprint density at radius 2 is 2.10 bits per heavy atom. The molecule has 0 saturated heterocycles. The van der Waals surface area contributed by atoms with E-state index in [9.17, 15) is 10.2 Å². The fraction of sp³-hybridized carbons (Fsp3) is 0.625. The second-order valence-corrected chi connectivity index (χ2v) is 6.05. The van der Waals surface area contributed by atoms with Crippen LogP contribution in [0.2, 0.25) is 0 Å². The van der Waals surface area contributed by atoms with Gasteiger partial charge < -0.3 is 19.8 Å². The number of hydrogen-bond acceptors (Lipinski definition) is 4. The van der Waals surface area contributed by atoms with Crippen LogP contribution >= 0.6 is 0 Å². The predicted octanol–water partition coefficient (Wildman–Crippen LogP) is 1.61. The molecule has 0 aromatic heterocycles. The summed E-state index contributed by atoms with van der Waals surface area (Å²) >= 11 is 0. The van der Waals surface area contributed by atoms with Crippen molar-refractivity contribution in [3.05, 3.63) is 29.8 Å². The van der Waals surface area contributed by atoms with Gasteiger partial charge in [-0.15, -0.1) is 0 Å². The summed E-state index contributed by atoms with van der Waals surface area (Å²) in [5, 5.41) is 21.2. The van der Waals surface area contributed by atoms with Crippen LogP contribution in [0.25, 0.3) is 0 Å². The molecule has 1 aliphatic carbocycles. The normalized spacial score (nSPS) is 30.5. The smallest absolute Gasteiger partial charge is 0.119 e. The first-order valence-corrected chi connectivity index (χ1v) is 7.15. The highest BCUT2D eigenvalue weighted by Gasteiger charge is 2.43. The van der Waals surface area contributed by atoms with Crippen LogP contribution < -0.4 is 4.74 Å². The number of rotatable bonds is 4. The summed E-state index contributed by atoms with van der Waals surface area (Å²) in [4.78, 5) is 2.09. The van der Waals surface area contributed by atoms with Crippen LogP contribution in [0.1, 0.15) is 24.8 Å². The molecule has 0 amide bonds. The number of nitrogens with zero attached hydrogens (tertiary/aromatic N) is 1. The Balaban J connectivity index is 2.34. The van der Waals surface area contributed by atoms with Gasteiger partial charge in [0.2, 0.25) is 0 Å². The van der Waals surface area contributed by atoms with Crippen LogP contribution in [-0.4, -0.2) is 49.0 Å². The molecule has 0 radical (unpaired) electrons. The first kappa shape index (κ1) is 15.3. The predicted molar refractivity (Wildman–Crippen MR) is 78.8 cm³/mol. The van der Waals surface area contributed by atoms with E-state index >= 15 is 0 Å². The van der Waals surface area contributed by atoms with Crippen molar-refractivity contribution in [2.24, 2.45) is 5.92 Å². The zero-order valence-corrected chi connectivity index (χ0v) is 12.5. The Bertz CT molecular complexity index is 449. The van der Waals surface area contributed by atoms with E-state index < -0.39 is 11.7 Å². The molecule has 2 rings (SSSR count). The van der Waals surface area contributed by atoms with Gasteiger partial charge in [0.05, 0.1) is 18.8 Å². The monoisotopic (exact) mass is 279 g/mol. The molecule has 2 N–H and O–H groups in total. The second-order valence-electron chi connectivity index (χ2n) is 6.05. The van der Waals surface area contributed by atoms with Gasteiger partial charge in [-0.05, 0) is 44.6 Å². The van der Waals surface area contributed by atoms with Crippen molar-refractivity contribution in [2.75, 3.05) is 27.7 Å². The van der Waals surface area contributed by atoms with Crippen molar-refractivity contribution in [3.8, 4) is 5.75 Å². The van der Waals surface area contributed by atoms with Crippen LogP contribution in [0.3, 0.4) is 0 Å². The molecule has 1 aliphatic rings. The van der Waals surface area contributed by atoms with Crippen molar-refractivity contribution in [1.82, 2.24) is 4.90 Å². The third-order valence-electron chi connectivity index (χ3n) is 4.23. The molecule has 1 fully saturated rings. The average molecular weight is 279 g/mol. The number of aliphatic hydroxyl groups excluding tert-OH is 1. The lowest BCUT2D eigenvalue weighted by Gasteiger charge is -2.43. The SMILES string of the molecule is COc1cccc([C@@]2(O)C[C@@H](O)CC[C@H]2CN(C)C)c1. The van der Waals surface area contributed by atoms with Crippen LogP contribution in [0.5, 0.6) is 5.75 Å². The van der Waals surface area contributed by atoms with Gasteiger partial charge in [0.25, 0.3) is 0 Å². The van der Waals surface area contributed by atoms with Crippen LogP contribution in [0.4, 0.5) is 0 Å². The lowest BCUT2D eigenvalue weighted by Crippen LogP contribution is -2.46. The Morgan fingerprint density at radius 1 is 1.35 bits per heavy atom. The first-order chi connectivity index (χ1) is 9.45. The summed E-state index contributed by atoms with van der Waals surface area (Å²) in [5.74, 6) is 0.854. The third-order valence-corrected chi connectivity index (χ3v) is 4.23. The highest BCUT2D eigenvalue weighted by Crippen LogP contribution is 2.42. The fourth-order valence-corrected chi connectivity index (χ4v) is 3.19. The topological polar surface area (TPSA) is 52.9 Å². The second kappa shape index (κ2) is 6.12. The number of benzene rings is 1. The zero-order chi connectivity index (χ0) is 14.8. The summed E-state index contributed by atoms with van der Waals surface area (Å²) in [7, 11) is 5.64. The molecule has 0 bridgehead atoms. The Hall–Kier alpha value is -1.10. The van der Waals surface area contributed by atoms with Crippen molar-refractivity contribution in [1.29, 1.82) is 0 Å². The van der Waals surface area contributed by atoms with E-state index in [1.165, 1.54) is 0 Å². The maximum atomic E-state index is 11.2. The lowest BCUT2D eigenvalue weighted by atomic mass is 9.70. The molecule has 112 valence electrons.